The van der Waals surface area contributed by atoms with Gasteiger partial charge in [0, 0.05) is 35.2 Å². The first-order valence-corrected chi connectivity index (χ1v) is 16.0. The Hall–Kier alpha value is -3.67. The van der Waals surface area contributed by atoms with E-state index in [-0.39, 0.29) is 6.23 Å². The molecule has 0 spiro atoms. The van der Waals surface area contributed by atoms with E-state index in [1.54, 1.807) is 6.20 Å². The van der Waals surface area contributed by atoms with Crippen LogP contribution in [0.2, 0.25) is 5.02 Å². The van der Waals surface area contributed by atoms with Gasteiger partial charge in [-0.15, -0.1) is 0 Å². The van der Waals surface area contributed by atoms with E-state index >= 15 is 4.39 Å². The molecule has 2 aromatic carbocycles. The summed E-state index contributed by atoms with van der Waals surface area (Å²) in [4.78, 5) is 9.55. The fraction of sp³-hybridized carbons (Fsp3) is 0.355. The van der Waals surface area contributed by atoms with Gasteiger partial charge in [-0.1, -0.05) is 53.7 Å². The highest BCUT2D eigenvalue weighted by Gasteiger charge is 2.49. The quantitative estimate of drug-likeness (QED) is 0.147. The molecular formula is C31H29ClFN7O2S. The van der Waals surface area contributed by atoms with Gasteiger partial charge in [0.1, 0.15) is 23.2 Å². The first-order chi connectivity index (χ1) is 21.0. The highest BCUT2D eigenvalue weighted by molar-refractivity contribution is 7.98. The lowest BCUT2D eigenvalue weighted by Gasteiger charge is -2.24. The van der Waals surface area contributed by atoms with Crippen LogP contribution in [-0.4, -0.2) is 47.4 Å². The Balaban J connectivity index is 1.36. The molecule has 5 heterocycles. The number of rotatable bonds is 7. The Morgan fingerprint density at radius 2 is 2.05 bits per heavy atom. The van der Waals surface area contributed by atoms with Gasteiger partial charge in [0.15, 0.2) is 17.0 Å². The molecule has 220 valence electrons. The van der Waals surface area contributed by atoms with E-state index in [0.29, 0.717) is 75.5 Å². The minimum atomic E-state index is -1.51. The molecule has 1 atom stereocenters. The molecular weight excluding hydrogens is 589 g/mol. The zero-order valence-corrected chi connectivity index (χ0v) is 25.3. The van der Waals surface area contributed by atoms with E-state index in [9.17, 15) is 0 Å². The Bertz CT molecular complexity index is 2010. The monoisotopic (exact) mass is 617 g/mol. The summed E-state index contributed by atoms with van der Waals surface area (Å²) in [6, 6.07) is 11.8. The highest BCUT2D eigenvalue weighted by atomic mass is 35.5. The third-order valence-electron chi connectivity index (χ3n) is 8.54. The van der Waals surface area contributed by atoms with E-state index in [4.69, 9.17) is 41.2 Å². The topological polar surface area (TPSA) is 95.7 Å². The lowest BCUT2D eigenvalue weighted by Crippen LogP contribution is -2.19. The molecule has 4 aromatic heterocycles. The van der Waals surface area contributed by atoms with Crippen molar-refractivity contribution in [2.75, 3.05) is 12.9 Å². The smallest absolute Gasteiger partial charge is 0.229 e. The summed E-state index contributed by atoms with van der Waals surface area (Å²) in [6.07, 6.45) is 7.31. The first kappa shape index (κ1) is 26.9. The number of aromatic amines is 1. The second-order valence-corrected chi connectivity index (χ2v) is 12.4. The van der Waals surface area contributed by atoms with Crippen LogP contribution in [0.4, 0.5) is 4.39 Å². The summed E-state index contributed by atoms with van der Waals surface area (Å²) >= 11 is 8.39. The summed E-state index contributed by atoms with van der Waals surface area (Å²) in [6.45, 7) is 1.03. The fourth-order valence-electron chi connectivity index (χ4n) is 6.26. The maximum atomic E-state index is 16.1. The van der Waals surface area contributed by atoms with Crippen molar-refractivity contribution in [1.82, 2.24) is 34.5 Å². The number of thioether (sulfide) groups is 1. The van der Waals surface area contributed by atoms with Gasteiger partial charge < -0.3 is 14.0 Å². The van der Waals surface area contributed by atoms with Crippen molar-refractivity contribution in [3.05, 3.63) is 58.7 Å². The molecule has 12 heteroatoms. The van der Waals surface area contributed by atoms with Gasteiger partial charge in [-0.2, -0.15) is 15.2 Å². The van der Waals surface area contributed by atoms with Crippen LogP contribution in [0.25, 0.3) is 44.2 Å². The predicted octanol–water partition coefficient (Wildman–Crippen LogP) is 7.47. The number of nitrogens with one attached hydrogen (secondary N) is 1. The maximum Gasteiger partial charge on any atom is 0.229 e. The standard InChI is InChI=1S/C31H29ClFN7O2S/c1-39-27-25(37-38-26(27)23-28(39)35-30(43-2)36-29(23)42-16-17-8-4-3-5-9-17)22-18-15-34-40(21-10-6-7-13-41-21)20(18)14-19(32)24(22)31(33)11-12-31/h3-5,8-9,14-15,21H,6-7,10-13,16H2,1-2H3,(H,37,38). The number of halogens is 2. The molecule has 2 fully saturated rings. The number of fused-ring (bicyclic) bond motifs is 4. The van der Waals surface area contributed by atoms with Crippen LogP contribution in [0.3, 0.4) is 0 Å². The highest BCUT2D eigenvalue weighted by Crippen LogP contribution is 2.57. The fourth-order valence-corrected chi connectivity index (χ4v) is 6.98. The minimum absolute atomic E-state index is 0.190. The van der Waals surface area contributed by atoms with Gasteiger partial charge >= 0.3 is 0 Å². The van der Waals surface area contributed by atoms with Gasteiger partial charge in [0.25, 0.3) is 0 Å². The zero-order valence-electron chi connectivity index (χ0n) is 23.7. The Morgan fingerprint density at radius 3 is 2.79 bits per heavy atom. The van der Waals surface area contributed by atoms with Crippen LogP contribution in [-0.2, 0) is 24.1 Å². The van der Waals surface area contributed by atoms with E-state index in [2.05, 4.69) is 5.10 Å². The number of benzene rings is 2. The van der Waals surface area contributed by atoms with Crippen molar-refractivity contribution < 1.29 is 13.9 Å². The van der Waals surface area contributed by atoms with E-state index in [1.807, 2.05) is 59.0 Å². The van der Waals surface area contributed by atoms with Crippen molar-refractivity contribution in [1.29, 1.82) is 0 Å². The van der Waals surface area contributed by atoms with Crippen LogP contribution in [0.5, 0.6) is 5.88 Å². The zero-order chi connectivity index (χ0) is 29.3. The molecule has 1 saturated heterocycles. The Kier molecular flexibility index (Phi) is 6.39. The third kappa shape index (κ3) is 4.31. The lowest BCUT2D eigenvalue weighted by atomic mass is 9.95. The molecule has 43 heavy (non-hydrogen) atoms. The summed E-state index contributed by atoms with van der Waals surface area (Å²) in [5.74, 6) is 0.449. The van der Waals surface area contributed by atoms with Crippen molar-refractivity contribution >= 4 is 56.3 Å². The van der Waals surface area contributed by atoms with Gasteiger partial charge in [-0.25, -0.2) is 14.1 Å². The van der Waals surface area contributed by atoms with E-state index in [1.165, 1.54) is 11.8 Å². The molecule has 0 radical (unpaired) electrons. The van der Waals surface area contributed by atoms with Crippen molar-refractivity contribution in [3.63, 3.8) is 0 Å². The molecule has 1 saturated carbocycles. The number of aromatic nitrogens is 7. The lowest BCUT2D eigenvalue weighted by molar-refractivity contribution is -0.0366. The van der Waals surface area contributed by atoms with Crippen LogP contribution in [0.15, 0.2) is 47.8 Å². The Morgan fingerprint density at radius 1 is 1.21 bits per heavy atom. The molecule has 0 bridgehead atoms. The molecule has 2 aliphatic rings. The maximum absolute atomic E-state index is 16.1. The second kappa shape index (κ2) is 10.2. The molecule has 1 N–H and O–H groups in total. The van der Waals surface area contributed by atoms with Gasteiger partial charge in [0.05, 0.1) is 22.9 Å². The minimum Gasteiger partial charge on any atom is -0.472 e. The number of alkyl halides is 1. The predicted molar refractivity (Wildman–Crippen MR) is 165 cm³/mol. The number of hydrogen-bond acceptors (Lipinski definition) is 7. The molecule has 8 rings (SSSR count). The van der Waals surface area contributed by atoms with Crippen LogP contribution >= 0.6 is 23.4 Å². The summed E-state index contributed by atoms with van der Waals surface area (Å²) < 4.78 is 32.3. The van der Waals surface area contributed by atoms with Crippen molar-refractivity contribution in [2.45, 2.75) is 55.8 Å². The molecule has 9 nitrogen and oxygen atoms in total. The number of nitrogens with zero attached hydrogens (tertiary/aromatic N) is 6. The summed E-state index contributed by atoms with van der Waals surface area (Å²) in [5.41, 5.74) is 4.21. The molecule has 6 aromatic rings. The van der Waals surface area contributed by atoms with E-state index in [0.717, 1.165) is 41.2 Å². The van der Waals surface area contributed by atoms with Crippen molar-refractivity contribution in [2.24, 2.45) is 7.05 Å². The summed E-state index contributed by atoms with van der Waals surface area (Å²) in [7, 11) is 1.94. The average Bonchev–Trinajstić information content (AvgIpc) is 3.34. The molecule has 1 aliphatic carbocycles. The SMILES string of the molecule is CSc1nc(OCc2ccccc2)c2c3n[nH]c(-c4c(C5(F)CC5)c(Cl)cc5c4cnn5C4CCCCO4)c3n(C)c2n1. The number of ether oxygens (including phenoxy) is 2. The third-order valence-corrected chi connectivity index (χ3v) is 9.38. The number of aryl methyl sites for hydroxylation is 1. The Labute approximate surface area is 255 Å². The normalized spacial score (nSPS) is 18.2. The molecule has 1 aliphatic heterocycles. The van der Waals surface area contributed by atoms with Crippen LogP contribution in [0.1, 0.15) is 49.5 Å². The van der Waals surface area contributed by atoms with Crippen molar-refractivity contribution in [3.8, 4) is 17.1 Å². The van der Waals surface area contributed by atoms with Crippen LogP contribution < -0.4 is 4.74 Å². The number of hydrogen-bond donors (Lipinski definition) is 1. The van der Waals surface area contributed by atoms with Gasteiger partial charge in [-0.05, 0) is 50.0 Å². The van der Waals surface area contributed by atoms with E-state index < -0.39 is 5.67 Å². The molecule has 1 unspecified atom stereocenters. The molecule has 0 amide bonds. The van der Waals surface area contributed by atoms with Gasteiger partial charge in [0.2, 0.25) is 5.88 Å². The summed E-state index contributed by atoms with van der Waals surface area (Å²) in [5, 5.41) is 15.2. The van der Waals surface area contributed by atoms with Gasteiger partial charge in [-0.3, -0.25) is 5.10 Å². The largest absolute Gasteiger partial charge is 0.472 e. The number of H-pyrrole nitrogens is 1. The second-order valence-electron chi connectivity index (χ2n) is 11.3. The average molecular weight is 618 g/mol. The van der Waals surface area contributed by atoms with Crippen LogP contribution in [0, 0.1) is 0 Å². The first-order valence-electron chi connectivity index (χ1n) is 14.4.